The summed E-state index contributed by atoms with van der Waals surface area (Å²) in [6, 6.07) is 0.389. The van der Waals surface area contributed by atoms with Crippen molar-refractivity contribution in [3.63, 3.8) is 0 Å². The first kappa shape index (κ1) is 14.9. The van der Waals surface area contributed by atoms with E-state index in [0.717, 1.165) is 25.4 Å². The number of rotatable bonds is 2. The Bertz CT molecular complexity index is 360. The number of fused-ring (bicyclic) bond motifs is 5. The lowest BCUT2D eigenvalue weighted by atomic mass is 9.82. The number of hydrogen-bond donors (Lipinski definition) is 1. The Morgan fingerprint density at radius 2 is 1.95 bits per heavy atom. The van der Waals surface area contributed by atoms with E-state index in [0.29, 0.717) is 42.4 Å². The number of hydrogen-bond acceptors (Lipinski definition) is 4. The van der Waals surface area contributed by atoms with E-state index in [1.165, 1.54) is 18.6 Å². The fourth-order valence-electron chi connectivity index (χ4n) is 4.25. The van der Waals surface area contributed by atoms with Gasteiger partial charge in [0.25, 0.3) is 0 Å². The van der Waals surface area contributed by atoms with Gasteiger partial charge in [0, 0.05) is 55.4 Å². The molecule has 4 saturated heterocycles. The maximum absolute atomic E-state index is 12.4. The molecule has 5 atom stereocenters. The molecule has 1 amide bonds. The Balaban J connectivity index is 0.00000121. The summed E-state index contributed by atoms with van der Waals surface area (Å²) in [6.07, 6.45) is 4.03. The second-order valence-corrected chi connectivity index (χ2v) is 7.50. The third-order valence-corrected chi connectivity index (χ3v) is 6.36. The highest BCUT2D eigenvalue weighted by Gasteiger charge is 2.53. The van der Waals surface area contributed by atoms with Crippen LogP contribution in [0.4, 0.5) is 0 Å². The van der Waals surface area contributed by atoms with Gasteiger partial charge in [-0.1, -0.05) is 0 Å². The maximum Gasteiger partial charge on any atom is 0.224 e. The second-order valence-electron chi connectivity index (χ2n) is 6.35. The molecule has 0 aromatic carbocycles. The maximum atomic E-state index is 12.4. The third kappa shape index (κ3) is 2.58. The summed E-state index contributed by atoms with van der Waals surface area (Å²) in [7, 11) is 0. The van der Waals surface area contributed by atoms with E-state index in [9.17, 15) is 4.79 Å². The first-order valence-corrected chi connectivity index (χ1v) is 8.71. The van der Waals surface area contributed by atoms with Gasteiger partial charge in [0.1, 0.15) is 0 Å². The normalized spacial score (nSPS) is 42.4. The average molecular weight is 319 g/mol. The topological polar surface area (TPSA) is 41.6 Å². The monoisotopic (exact) mass is 318 g/mol. The fraction of sp³-hybridized carbons (Fsp3) is 0.929. The standard InChI is InChI=1S/C14H22N2O2S.ClH/c17-14(5-9-8-19-4-3-15-9)16-6-10-11(7-16)13-2-1-12(10)18-13;/h9-13,15H,1-8H2;1H. The molecule has 6 heteroatoms. The predicted molar refractivity (Wildman–Crippen MR) is 82.4 cm³/mol. The van der Waals surface area contributed by atoms with Gasteiger partial charge in [-0.15, -0.1) is 12.4 Å². The molecule has 0 radical (unpaired) electrons. The van der Waals surface area contributed by atoms with E-state index < -0.39 is 0 Å². The van der Waals surface area contributed by atoms with Crippen LogP contribution in [0.2, 0.25) is 0 Å². The quantitative estimate of drug-likeness (QED) is 0.829. The SMILES string of the molecule is Cl.O=C(CC1CSCCN1)N1CC2C3CCC(O3)C2C1. The van der Waals surface area contributed by atoms with Crippen LogP contribution in [0.3, 0.4) is 0 Å². The highest BCUT2D eigenvalue weighted by Crippen LogP contribution is 2.47. The minimum atomic E-state index is 0. The van der Waals surface area contributed by atoms with Crippen LogP contribution < -0.4 is 5.32 Å². The molecule has 4 fully saturated rings. The molecule has 2 bridgehead atoms. The zero-order valence-electron chi connectivity index (χ0n) is 11.6. The van der Waals surface area contributed by atoms with Gasteiger partial charge in [-0.05, 0) is 12.8 Å². The van der Waals surface area contributed by atoms with Crippen LogP contribution in [0.1, 0.15) is 19.3 Å². The van der Waals surface area contributed by atoms with Crippen molar-refractivity contribution in [2.45, 2.75) is 37.5 Å². The van der Waals surface area contributed by atoms with Gasteiger partial charge in [-0.25, -0.2) is 0 Å². The number of thioether (sulfide) groups is 1. The van der Waals surface area contributed by atoms with Crippen LogP contribution in [-0.4, -0.2) is 60.2 Å². The molecule has 0 spiro atoms. The van der Waals surface area contributed by atoms with Gasteiger partial charge in [-0.3, -0.25) is 4.79 Å². The minimum absolute atomic E-state index is 0. The summed E-state index contributed by atoms with van der Waals surface area (Å²) in [5.41, 5.74) is 0. The molecule has 0 saturated carbocycles. The summed E-state index contributed by atoms with van der Waals surface area (Å²) in [6.45, 7) is 2.95. The highest BCUT2D eigenvalue weighted by atomic mass is 35.5. The van der Waals surface area contributed by atoms with Gasteiger partial charge in [-0.2, -0.15) is 11.8 Å². The van der Waals surface area contributed by atoms with E-state index in [1.807, 2.05) is 11.8 Å². The third-order valence-electron chi connectivity index (χ3n) is 5.22. The van der Waals surface area contributed by atoms with Crippen LogP contribution in [0.5, 0.6) is 0 Å². The van der Waals surface area contributed by atoms with Gasteiger partial charge in [0.05, 0.1) is 12.2 Å². The Kier molecular flexibility index (Phi) is 4.51. The average Bonchev–Trinajstić information content (AvgIpc) is 3.12. The van der Waals surface area contributed by atoms with E-state index in [2.05, 4.69) is 10.2 Å². The Morgan fingerprint density at radius 3 is 2.55 bits per heavy atom. The Hall–Kier alpha value is 0.0300. The van der Waals surface area contributed by atoms with Crippen LogP contribution in [0, 0.1) is 11.8 Å². The molecule has 20 heavy (non-hydrogen) atoms. The lowest BCUT2D eigenvalue weighted by Crippen LogP contribution is -2.42. The number of nitrogens with one attached hydrogen (secondary N) is 1. The summed E-state index contributed by atoms with van der Waals surface area (Å²) < 4.78 is 5.96. The van der Waals surface area contributed by atoms with Crippen molar-refractivity contribution in [3.05, 3.63) is 0 Å². The molecular formula is C14H23ClN2O2S. The number of amides is 1. The van der Waals surface area contributed by atoms with Crippen LogP contribution in [0.25, 0.3) is 0 Å². The highest BCUT2D eigenvalue weighted by molar-refractivity contribution is 7.99. The molecule has 1 N–H and O–H groups in total. The van der Waals surface area contributed by atoms with Crippen molar-refractivity contribution in [2.75, 3.05) is 31.1 Å². The molecule has 4 aliphatic heterocycles. The molecular weight excluding hydrogens is 296 g/mol. The smallest absolute Gasteiger partial charge is 0.224 e. The molecule has 0 aromatic heterocycles. The van der Waals surface area contributed by atoms with Crippen molar-refractivity contribution in [3.8, 4) is 0 Å². The molecule has 5 unspecified atom stereocenters. The zero-order valence-corrected chi connectivity index (χ0v) is 13.3. The first-order valence-electron chi connectivity index (χ1n) is 7.55. The fourth-order valence-corrected chi connectivity index (χ4v) is 5.20. The van der Waals surface area contributed by atoms with E-state index in [1.54, 1.807) is 0 Å². The van der Waals surface area contributed by atoms with E-state index in [4.69, 9.17) is 4.74 Å². The van der Waals surface area contributed by atoms with E-state index in [-0.39, 0.29) is 12.4 Å². The lowest BCUT2D eigenvalue weighted by Gasteiger charge is -2.25. The lowest BCUT2D eigenvalue weighted by molar-refractivity contribution is -0.131. The van der Waals surface area contributed by atoms with Crippen molar-refractivity contribution in [2.24, 2.45) is 11.8 Å². The summed E-state index contributed by atoms with van der Waals surface area (Å²) in [4.78, 5) is 14.5. The number of likely N-dealkylation sites (tertiary alicyclic amines) is 1. The number of halogens is 1. The number of carbonyl (C=O) groups excluding carboxylic acids is 1. The van der Waals surface area contributed by atoms with Crippen molar-refractivity contribution in [1.82, 2.24) is 10.2 Å². The van der Waals surface area contributed by atoms with E-state index >= 15 is 0 Å². The summed E-state index contributed by atoms with van der Waals surface area (Å²) >= 11 is 1.96. The predicted octanol–water partition coefficient (Wildman–Crippen LogP) is 1.14. The minimum Gasteiger partial charge on any atom is -0.374 e. The van der Waals surface area contributed by atoms with Crippen LogP contribution in [-0.2, 0) is 9.53 Å². The van der Waals surface area contributed by atoms with Gasteiger partial charge >= 0.3 is 0 Å². The molecule has 0 aromatic rings. The largest absolute Gasteiger partial charge is 0.374 e. The van der Waals surface area contributed by atoms with Gasteiger partial charge < -0.3 is 15.0 Å². The van der Waals surface area contributed by atoms with Crippen molar-refractivity contribution < 1.29 is 9.53 Å². The molecule has 0 aliphatic carbocycles. The van der Waals surface area contributed by atoms with Crippen LogP contribution >= 0.6 is 24.2 Å². The number of carbonyl (C=O) groups is 1. The van der Waals surface area contributed by atoms with Crippen molar-refractivity contribution >= 4 is 30.1 Å². The Morgan fingerprint density at radius 1 is 1.25 bits per heavy atom. The van der Waals surface area contributed by atoms with Crippen LogP contribution in [0.15, 0.2) is 0 Å². The first-order chi connectivity index (χ1) is 9.31. The Labute approximate surface area is 130 Å². The van der Waals surface area contributed by atoms with Gasteiger partial charge in [0.15, 0.2) is 0 Å². The molecule has 4 heterocycles. The second kappa shape index (κ2) is 6.03. The number of ether oxygens (including phenoxy) is 1. The van der Waals surface area contributed by atoms with Crippen molar-refractivity contribution in [1.29, 1.82) is 0 Å². The molecule has 114 valence electrons. The zero-order chi connectivity index (χ0) is 12.8. The van der Waals surface area contributed by atoms with Gasteiger partial charge in [0.2, 0.25) is 5.91 Å². The molecule has 4 rings (SSSR count). The molecule has 4 aliphatic rings. The summed E-state index contributed by atoms with van der Waals surface area (Å²) in [5.74, 6) is 3.89. The number of nitrogens with zero attached hydrogens (tertiary/aromatic N) is 1. The summed E-state index contributed by atoms with van der Waals surface area (Å²) in [5, 5.41) is 3.46. The molecule has 4 nitrogen and oxygen atoms in total.